The number of anilines is 3. The van der Waals surface area contributed by atoms with Crippen molar-refractivity contribution in [2.75, 3.05) is 17.2 Å². The molecule has 0 unspecified atom stereocenters. The van der Waals surface area contributed by atoms with E-state index >= 15 is 0 Å². The van der Waals surface area contributed by atoms with E-state index in [9.17, 15) is 9.50 Å². The molecule has 7 nitrogen and oxygen atoms in total. The Labute approximate surface area is 148 Å². The maximum Gasteiger partial charge on any atom is 0.229 e. The van der Waals surface area contributed by atoms with Crippen LogP contribution in [0.15, 0.2) is 42.9 Å². The maximum absolute atomic E-state index is 13.4. The van der Waals surface area contributed by atoms with Gasteiger partial charge in [-0.1, -0.05) is 23.7 Å². The van der Waals surface area contributed by atoms with E-state index in [2.05, 4.69) is 25.7 Å². The SMILES string of the molecule is Cn1cc(Nc2ncc(Cl)c(N[C@H](CO)c3cccc(F)c3)n2)cn1. The van der Waals surface area contributed by atoms with Gasteiger partial charge in [0.2, 0.25) is 5.95 Å². The van der Waals surface area contributed by atoms with Crippen LogP contribution in [0.25, 0.3) is 0 Å². The molecule has 3 N–H and O–H groups in total. The lowest BCUT2D eigenvalue weighted by Crippen LogP contribution is -2.16. The third-order valence-corrected chi connectivity index (χ3v) is 3.73. The van der Waals surface area contributed by atoms with Crippen molar-refractivity contribution in [1.29, 1.82) is 0 Å². The van der Waals surface area contributed by atoms with Gasteiger partial charge >= 0.3 is 0 Å². The minimum atomic E-state index is -0.561. The number of aryl methyl sites for hydroxylation is 1. The first-order chi connectivity index (χ1) is 12.0. The quantitative estimate of drug-likeness (QED) is 0.625. The van der Waals surface area contributed by atoms with Gasteiger partial charge in [0.25, 0.3) is 0 Å². The van der Waals surface area contributed by atoms with Crippen molar-refractivity contribution in [3.63, 3.8) is 0 Å². The van der Waals surface area contributed by atoms with Gasteiger partial charge in [-0.2, -0.15) is 10.1 Å². The van der Waals surface area contributed by atoms with Crippen LogP contribution in [-0.2, 0) is 7.05 Å². The normalized spacial score (nSPS) is 12.0. The second-order valence-electron chi connectivity index (χ2n) is 5.35. The third-order valence-electron chi connectivity index (χ3n) is 3.45. The van der Waals surface area contributed by atoms with E-state index in [1.807, 2.05) is 0 Å². The van der Waals surface area contributed by atoms with Crippen LogP contribution in [0.1, 0.15) is 11.6 Å². The average Bonchev–Trinajstić information content (AvgIpc) is 3.00. The molecule has 0 amide bonds. The Balaban J connectivity index is 1.82. The first-order valence-electron chi connectivity index (χ1n) is 7.46. The van der Waals surface area contributed by atoms with Crippen molar-refractivity contribution in [2.45, 2.75) is 6.04 Å². The van der Waals surface area contributed by atoms with E-state index in [4.69, 9.17) is 11.6 Å². The summed E-state index contributed by atoms with van der Waals surface area (Å²) in [6, 6.07) is 5.41. The maximum atomic E-state index is 13.4. The van der Waals surface area contributed by atoms with Crippen molar-refractivity contribution >= 4 is 29.1 Å². The lowest BCUT2D eigenvalue weighted by Gasteiger charge is -2.18. The minimum Gasteiger partial charge on any atom is -0.394 e. The predicted octanol–water partition coefficient (Wildman–Crippen LogP) is 2.89. The fraction of sp³-hybridized carbons (Fsp3) is 0.188. The van der Waals surface area contributed by atoms with Crippen LogP contribution in [0.5, 0.6) is 0 Å². The molecule has 0 aliphatic carbocycles. The molecule has 0 radical (unpaired) electrons. The van der Waals surface area contributed by atoms with Crippen LogP contribution in [-0.4, -0.2) is 31.5 Å². The van der Waals surface area contributed by atoms with Gasteiger partial charge in [-0.25, -0.2) is 9.37 Å². The highest BCUT2D eigenvalue weighted by Gasteiger charge is 2.15. The van der Waals surface area contributed by atoms with E-state index in [0.29, 0.717) is 17.3 Å². The summed E-state index contributed by atoms with van der Waals surface area (Å²) < 4.78 is 15.1. The summed E-state index contributed by atoms with van der Waals surface area (Å²) in [4.78, 5) is 8.42. The van der Waals surface area contributed by atoms with Gasteiger partial charge < -0.3 is 15.7 Å². The van der Waals surface area contributed by atoms with Crippen LogP contribution in [0.3, 0.4) is 0 Å². The van der Waals surface area contributed by atoms with Crippen LogP contribution in [0, 0.1) is 5.82 Å². The zero-order valence-electron chi connectivity index (χ0n) is 13.3. The number of nitrogens with zero attached hydrogens (tertiary/aromatic N) is 4. The molecule has 0 bridgehead atoms. The third kappa shape index (κ3) is 4.23. The van der Waals surface area contributed by atoms with E-state index in [1.165, 1.54) is 18.3 Å². The summed E-state index contributed by atoms with van der Waals surface area (Å²) in [5.74, 6) is 0.257. The van der Waals surface area contributed by atoms with Crippen LogP contribution in [0.2, 0.25) is 5.02 Å². The molecule has 3 aromatic rings. The lowest BCUT2D eigenvalue weighted by atomic mass is 10.1. The molecule has 9 heteroatoms. The molecule has 0 saturated carbocycles. The Morgan fingerprint density at radius 3 is 2.88 bits per heavy atom. The number of benzene rings is 1. The standard InChI is InChI=1S/C16H16ClFN6O/c1-24-8-12(6-20-24)21-16-19-7-13(17)15(23-16)22-14(9-25)10-3-2-4-11(18)5-10/h2-8,14,25H,9H2,1H3,(H2,19,21,22,23)/t14-/m1/s1. The summed E-state index contributed by atoms with van der Waals surface area (Å²) in [6.45, 7) is -0.255. The van der Waals surface area contributed by atoms with Gasteiger partial charge in [0.1, 0.15) is 10.8 Å². The van der Waals surface area contributed by atoms with Crippen molar-refractivity contribution in [3.8, 4) is 0 Å². The molecule has 2 aromatic heterocycles. The molecule has 0 aliphatic heterocycles. The van der Waals surface area contributed by atoms with E-state index < -0.39 is 6.04 Å². The van der Waals surface area contributed by atoms with Crippen molar-refractivity contribution < 1.29 is 9.50 Å². The lowest BCUT2D eigenvalue weighted by molar-refractivity contribution is 0.276. The molecule has 3 rings (SSSR count). The number of aliphatic hydroxyl groups excluding tert-OH is 1. The molecular weight excluding hydrogens is 347 g/mol. The van der Waals surface area contributed by atoms with Crippen molar-refractivity contribution in [1.82, 2.24) is 19.7 Å². The topological polar surface area (TPSA) is 87.9 Å². The van der Waals surface area contributed by atoms with Gasteiger partial charge in [0, 0.05) is 13.2 Å². The first kappa shape index (κ1) is 17.1. The Kier molecular flexibility index (Phi) is 5.11. The number of hydrogen-bond donors (Lipinski definition) is 3. The molecule has 1 aromatic carbocycles. The van der Waals surface area contributed by atoms with E-state index in [-0.39, 0.29) is 17.4 Å². The minimum absolute atomic E-state index is 0.255. The fourth-order valence-corrected chi connectivity index (χ4v) is 2.41. The summed E-state index contributed by atoms with van der Waals surface area (Å²) in [5.41, 5.74) is 1.30. The monoisotopic (exact) mass is 362 g/mol. The summed E-state index contributed by atoms with van der Waals surface area (Å²) in [6.07, 6.45) is 4.85. The largest absolute Gasteiger partial charge is 0.394 e. The van der Waals surface area contributed by atoms with Gasteiger partial charge in [0.15, 0.2) is 5.82 Å². The highest BCUT2D eigenvalue weighted by atomic mass is 35.5. The van der Waals surface area contributed by atoms with Gasteiger partial charge in [0.05, 0.1) is 30.7 Å². The number of hydrogen-bond acceptors (Lipinski definition) is 6. The number of rotatable bonds is 6. The molecule has 0 spiro atoms. The highest BCUT2D eigenvalue weighted by Crippen LogP contribution is 2.26. The van der Waals surface area contributed by atoms with Gasteiger partial charge in [-0.05, 0) is 17.7 Å². The van der Waals surface area contributed by atoms with E-state index in [1.54, 1.807) is 36.3 Å². The van der Waals surface area contributed by atoms with Crippen LogP contribution >= 0.6 is 11.6 Å². The number of halogens is 2. The number of aliphatic hydroxyl groups is 1. The zero-order valence-corrected chi connectivity index (χ0v) is 14.1. The zero-order chi connectivity index (χ0) is 17.8. The van der Waals surface area contributed by atoms with Crippen molar-refractivity contribution in [2.24, 2.45) is 7.05 Å². The highest BCUT2D eigenvalue weighted by molar-refractivity contribution is 6.32. The summed E-state index contributed by atoms with van der Waals surface area (Å²) in [5, 5.41) is 20.0. The average molecular weight is 363 g/mol. The molecule has 2 heterocycles. The molecular formula is C16H16ClFN6O. The van der Waals surface area contributed by atoms with Gasteiger partial charge in [-0.15, -0.1) is 0 Å². The number of aromatic nitrogens is 4. The molecule has 0 saturated heterocycles. The second-order valence-corrected chi connectivity index (χ2v) is 5.76. The second kappa shape index (κ2) is 7.45. The fourth-order valence-electron chi connectivity index (χ4n) is 2.27. The summed E-state index contributed by atoms with van der Waals surface area (Å²) >= 11 is 6.14. The molecule has 0 aliphatic rings. The van der Waals surface area contributed by atoms with Crippen molar-refractivity contribution in [3.05, 3.63) is 59.3 Å². The molecule has 0 fully saturated rings. The molecule has 130 valence electrons. The Morgan fingerprint density at radius 1 is 1.36 bits per heavy atom. The summed E-state index contributed by atoms with van der Waals surface area (Å²) in [7, 11) is 1.80. The predicted molar refractivity (Wildman–Crippen MR) is 93.4 cm³/mol. The van der Waals surface area contributed by atoms with Crippen LogP contribution < -0.4 is 10.6 Å². The molecule has 1 atom stereocenters. The van der Waals surface area contributed by atoms with Gasteiger partial charge in [-0.3, -0.25) is 4.68 Å². The smallest absolute Gasteiger partial charge is 0.229 e. The molecule has 25 heavy (non-hydrogen) atoms. The Morgan fingerprint density at radius 2 is 2.20 bits per heavy atom. The van der Waals surface area contributed by atoms with Crippen LogP contribution in [0.4, 0.5) is 21.8 Å². The Hall–Kier alpha value is -2.71. The first-order valence-corrected chi connectivity index (χ1v) is 7.84. The Bertz CT molecular complexity index is 871. The van der Waals surface area contributed by atoms with E-state index in [0.717, 1.165) is 5.69 Å². The number of nitrogens with one attached hydrogen (secondary N) is 2.